The number of imidazole rings is 1. The SMILES string of the molecule is Fc1ccc(N=c2scc(-c3ccc(Br)cc3)n2CCCn2ccnc2)c(F)c1. The first-order valence-electron chi connectivity index (χ1n) is 9.00. The van der Waals surface area contributed by atoms with Gasteiger partial charge in [-0.15, -0.1) is 11.3 Å². The van der Waals surface area contributed by atoms with Crippen molar-refractivity contribution in [3.05, 3.63) is 87.5 Å². The van der Waals surface area contributed by atoms with Crippen molar-refractivity contribution in [3.63, 3.8) is 0 Å². The Morgan fingerprint density at radius 1 is 1.07 bits per heavy atom. The Hall–Kier alpha value is -2.58. The molecule has 2 aromatic heterocycles. The third-order valence-corrected chi connectivity index (χ3v) is 5.81. The smallest absolute Gasteiger partial charge is 0.190 e. The molecule has 2 aromatic carbocycles. The monoisotopic (exact) mass is 474 g/mol. The topological polar surface area (TPSA) is 35.1 Å². The van der Waals surface area contributed by atoms with Crippen molar-refractivity contribution in [3.8, 4) is 11.3 Å². The maximum Gasteiger partial charge on any atom is 0.190 e. The first-order chi connectivity index (χ1) is 14.1. The number of aryl methyl sites for hydroxylation is 1. The van der Waals surface area contributed by atoms with Crippen LogP contribution in [0, 0.1) is 11.6 Å². The molecule has 0 aliphatic heterocycles. The van der Waals surface area contributed by atoms with E-state index in [1.807, 2.05) is 40.4 Å². The van der Waals surface area contributed by atoms with Crippen LogP contribution in [0.1, 0.15) is 6.42 Å². The molecule has 0 fully saturated rings. The molecular formula is C21H17BrF2N4S. The van der Waals surface area contributed by atoms with Crippen molar-refractivity contribution in [1.29, 1.82) is 0 Å². The largest absolute Gasteiger partial charge is 0.337 e. The number of halogens is 3. The highest BCUT2D eigenvalue weighted by atomic mass is 79.9. The fourth-order valence-electron chi connectivity index (χ4n) is 2.99. The molecule has 4 rings (SSSR count). The summed E-state index contributed by atoms with van der Waals surface area (Å²) in [4.78, 5) is 9.20. The Morgan fingerprint density at radius 3 is 2.62 bits per heavy atom. The fourth-order valence-corrected chi connectivity index (χ4v) is 4.20. The van der Waals surface area contributed by atoms with E-state index in [4.69, 9.17) is 0 Å². The molecule has 148 valence electrons. The van der Waals surface area contributed by atoms with Crippen LogP contribution in [0.3, 0.4) is 0 Å². The van der Waals surface area contributed by atoms with Crippen molar-refractivity contribution in [2.75, 3.05) is 0 Å². The molecule has 0 bridgehead atoms. The minimum Gasteiger partial charge on any atom is -0.337 e. The average Bonchev–Trinajstić information content (AvgIpc) is 3.35. The van der Waals surface area contributed by atoms with Crippen LogP contribution in [0.15, 0.2) is 76.0 Å². The van der Waals surface area contributed by atoms with Gasteiger partial charge in [-0.2, -0.15) is 0 Å². The molecule has 0 atom stereocenters. The summed E-state index contributed by atoms with van der Waals surface area (Å²) in [6.45, 7) is 1.52. The zero-order chi connectivity index (χ0) is 20.2. The van der Waals surface area contributed by atoms with Crippen LogP contribution in [-0.4, -0.2) is 14.1 Å². The molecule has 29 heavy (non-hydrogen) atoms. The van der Waals surface area contributed by atoms with Crippen molar-refractivity contribution in [2.24, 2.45) is 4.99 Å². The maximum absolute atomic E-state index is 14.1. The lowest BCUT2D eigenvalue weighted by Crippen LogP contribution is -2.17. The van der Waals surface area contributed by atoms with Crippen LogP contribution in [0.25, 0.3) is 11.3 Å². The second-order valence-corrected chi connectivity index (χ2v) is 8.18. The van der Waals surface area contributed by atoms with Crippen LogP contribution in [0.5, 0.6) is 0 Å². The summed E-state index contributed by atoms with van der Waals surface area (Å²) in [6, 6.07) is 11.5. The number of hydrogen-bond acceptors (Lipinski definition) is 3. The molecule has 0 saturated heterocycles. The fraction of sp³-hybridized carbons (Fsp3) is 0.143. The lowest BCUT2D eigenvalue weighted by Gasteiger charge is -2.10. The number of hydrogen-bond donors (Lipinski definition) is 0. The van der Waals surface area contributed by atoms with E-state index in [0.29, 0.717) is 11.3 Å². The van der Waals surface area contributed by atoms with Crippen molar-refractivity contribution in [1.82, 2.24) is 14.1 Å². The van der Waals surface area contributed by atoms with Crippen molar-refractivity contribution >= 4 is 33.0 Å². The zero-order valence-corrected chi connectivity index (χ0v) is 17.7. The third-order valence-electron chi connectivity index (χ3n) is 4.42. The summed E-state index contributed by atoms with van der Waals surface area (Å²) in [5, 5.41) is 2.01. The van der Waals surface area contributed by atoms with Gasteiger partial charge in [0.25, 0.3) is 0 Å². The maximum atomic E-state index is 14.1. The molecule has 0 amide bonds. The molecule has 0 spiro atoms. The summed E-state index contributed by atoms with van der Waals surface area (Å²) in [5.74, 6) is -1.29. The predicted molar refractivity (Wildman–Crippen MR) is 114 cm³/mol. The van der Waals surface area contributed by atoms with E-state index in [9.17, 15) is 8.78 Å². The lowest BCUT2D eigenvalue weighted by molar-refractivity contribution is 0.557. The number of benzene rings is 2. The molecule has 8 heteroatoms. The van der Waals surface area contributed by atoms with Gasteiger partial charge in [0.2, 0.25) is 0 Å². The summed E-state index contributed by atoms with van der Waals surface area (Å²) in [7, 11) is 0. The summed E-state index contributed by atoms with van der Waals surface area (Å²) >= 11 is 4.90. The molecule has 2 heterocycles. The van der Waals surface area contributed by atoms with Gasteiger partial charge in [0.05, 0.1) is 12.0 Å². The average molecular weight is 475 g/mol. The number of aromatic nitrogens is 3. The minimum atomic E-state index is -0.673. The van der Waals surface area contributed by atoms with Crippen LogP contribution < -0.4 is 4.80 Å². The van der Waals surface area contributed by atoms with Gasteiger partial charge >= 0.3 is 0 Å². The quantitative estimate of drug-likeness (QED) is 0.349. The molecule has 0 aliphatic carbocycles. The highest BCUT2D eigenvalue weighted by Gasteiger charge is 2.10. The van der Waals surface area contributed by atoms with Gasteiger partial charge in [0, 0.05) is 41.4 Å². The van der Waals surface area contributed by atoms with E-state index in [0.717, 1.165) is 34.8 Å². The second-order valence-electron chi connectivity index (χ2n) is 6.42. The Balaban J connectivity index is 1.71. The molecule has 0 radical (unpaired) electrons. The first kappa shape index (κ1) is 19.7. The van der Waals surface area contributed by atoms with E-state index in [1.165, 1.54) is 23.5 Å². The van der Waals surface area contributed by atoms with Crippen molar-refractivity contribution in [2.45, 2.75) is 19.5 Å². The summed E-state index contributed by atoms with van der Waals surface area (Å²) in [6.07, 6.45) is 6.32. The molecule has 0 unspecified atom stereocenters. The molecule has 0 saturated carbocycles. The minimum absolute atomic E-state index is 0.124. The van der Waals surface area contributed by atoms with Gasteiger partial charge < -0.3 is 9.13 Å². The van der Waals surface area contributed by atoms with E-state index in [1.54, 1.807) is 12.5 Å². The lowest BCUT2D eigenvalue weighted by atomic mass is 10.2. The van der Waals surface area contributed by atoms with Crippen LogP contribution in [0.4, 0.5) is 14.5 Å². The third kappa shape index (κ3) is 4.71. The van der Waals surface area contributed by atoms with E-state index < -0.39 is 11.6 Å². The molecule has 0 N–H and O–H groups in total. The molecule has 4 nitrogen and oxygen atoms in total. The second kappa shape index (κ2) is 8.84. The molecular weight excluding hydrogens is 458 g/mol. The van der Waals surface area contributed by atoms with Gasteiger partial charge in [-0.25, -0.2) is 18.8 Å². The van der Waals surface area contributed by atoms with Crippen LogP contribution in [-0.2, 0) is 13.1 Å². The zero-order valence-electron chi connectivity index (χ0n) is 15.3. The van der Waals surface area contributed by atoms with Gasteiger partial charge in [0.1, 0.15) is 11.5 Å². The number of nitrogens with zero attached hydrogens (tertiary/aromatic N) is 4. The Morgan fingerprint density at radius 2 is 1.90 bits per heavy atom. The molecule has 4 aromatic rings. The molecule has 0 aliphatic rings. The summed E-state index contributed by atoms with van der Waals surface area (Å²) < 4.78 is 32.5. The Labute approximate surface area is 179 Å². The van der Waals surface area contributed by atoms with E-state index in [2.05, 4.69) is 30.5 Å². The van der Waals surface area contributed by atoms with Gasteiger partial charge in [-0.3, -0.25) is 0 Å². The Bertz CT molecular complexity index is 1160. The van der Waals surface area contributed by atoms with Gasteiger partial charge in [0.15, 0.2) is 10.6 Å². The highest BCUT2D eigenvalue weighted by molar-refractivity contribution is 9.10. The Kier molecular flexibility index (Phi) is 6.01. The first-order valence-corrected chi connectivity index (χ1v) is 10.7. The van der Waals surface area contributed by atoms with Crippen LogP contribution >= 0.6 is 27.3 Å². The van der Waals surface area contributed by atoms with E-state index >= 15 is 0 Å². The standard InChI is InChI=1S/C21H17BrF2N4S/c22-16-4-2-15(3-5-16)20-13-29-21(26-19-7-6-17(23)12-18(19)24)28(20)10-1-9-27-11-8-25-14-27/h2-8,11-14H,1,9-10H2. The number of rotatable bonds is 6. The van der Waals surface area contributed by atoms with Gasteiger partial charge in [-0.05, 0) is 36.2 Å². The highest BCUT2D eigenvalue weighted by Crippen LogP contribution is 2.24. The normalized spacial score (nSPS) is 11.9. The predicted octanol–water partition coefficient (Wildman–Crippen LogP) is 5.78. The number of thiazole rings is 1. The van der Waals surface area contributed by atoms with E-state index in [-0.39, 0.29) is 5.69 Å². The van der Waals surface area contributed by atoms with Gasteiger partial charge in [-0.1, -0.05) is 28.1 Å². The van der Waals surface area contributed by atoms with Crippen molar-refractivity contribution < 1.29 is 8.78 Å². The summed E-state index contributed by atoms with van der Waals surface area (Å²) in [5.41, 5.74) is 2.18. The van der Waals surface area contributed by atoms with Crippen LogP contribution in [0.2, 0.25) is 0 Å².